The van der Waals surface area contributed by atoms with E-state index in [0.29, 0.717) is 0 Å². The Bertz CT molecular complexity index is 404. The Morgan fingerprint density at radius 2 is 1.81 bits per heavy atom. The minimum Gasteiger partial charge on any atom is -0.481 e. The number of carboxylic acid groups (broad SMARTS) is 2. The third-order valence-corrected chi connectivity index (χ3v) is 4.08. The Labute approximate surface area is 91.9 Å². The summed E-state index contributed by atoms with van der Waals surface area (Å²) in [5, 5.41) is 18.2. The maximum atomic E-state index is 11.2. The molecule has 6 N–H and O–H groups in total. The Hall–Kier alpha value is -1.40. The summed E-state index contributed by atoms with van der Waals surface area (Å²) in [5.74, 6) is -5.08. The molecule has 2 aliphatic carbocycles. The van der Waals surface area contributed by atoms with E-state index in [9.17, 15) is 9.59 Å². The Morgan fingerprint density at radius 3 is 2.19 bits per heavy atom. The van der Waals surface area contributed by atoms with Crippen LogP contribution in [0.15, 0.2) is 12.2 Å². The van der Waals surface area contributed by atoms with Crippen molar-refractivity contribution in [3.63, 3.8) is 0 Å². The Morgan fingerprint density at radius 1 is 1.25 bits per heavy atom. The average Bonchev–Trinajstić information content (AvgIpc) is 2.45. The molecule has 0 aromatic heterocycles. The highest BCUT2D eigenvalue weighted by molar-refractivity contribution is 5.84. The van der Waals surface area contributed by atoms with Gasteiger partial charge in [0.15, 0.2) is 0 Å². The normalized spacial score (nSPS) is 43.6. The Kier molecular flexibility index (Phi) is 1.97. The van der Waals surface area contributed by atoms with E-state index < -0.39 is 40.8 Å². The van der Waals surface area contributed by atoms with Crippen LogP contribution in [-0.4, -0.2) is 27.8 Å². The number of aliphatic carboxylic acids is 2. The molecule has 4 atom stereocenters. The third kappa shape index (κ3) is 0.980. The van der Waals surface area contributed by atoms with Crippen LogP contribution in [-0.2, 0) is 9.59 Å². The van der Waals surface area contributed by atoms with E-state index in [0.717, 1.165) is 0 Å². The molecule has 88 valence electrons. The van der Waals surface area contributed by atoms with Crippen molar-refractivity contribution in [3.8, 4) is 0 Å². The molecule has 6 nitrogen and oxygen atoms in total. The van der Waals surface area contributed by atoms with Crippen molar-refractivity contribution in [2.45, 2.75) is 12.6 Å². The van der Waals surface area contributed by atoms with Crippen LogP contribution in [0.1, 0.15) is 6.92 Å². The molecule has 16 heavy (non-hydrogen) atoms. The van der Waals surface area contributed by atoms with Gasteiger partial charge in [0.2, 0.25) is 0 Å². The van der Waals surface area contributed by atoms with Crippen LogP contribution in [0.4, 0.5) is 0 Å². The van der Waals surface area contributed by atoms with E-state index in [1.807, 2.05) is 0 Å². The van der Waals surface area contributed by atoms with Gasteiger partial charge in [-0.15, -0.1) is 0 Å². The summed E-state index contributed by atoms with van der Waals surface area (Å²) in [6, 6.07) is 0. The molecule has 2 bridgehead atoms. The molecule has 0 radical (unpaired) electrons. The summed E-state index contributed by atoms with van der Waals surface area (Å²) in [4.78, 5) is 22.3. The number of rotatable bonds is 2. The summed E-state index contributed by atoms with van der Waals surface area (Å²) in [6.07, 6.45) is 3.26. The van der Waals surface area contributed by atoms with Crippen LogP contribution in [0.2, 0.25) is 0 Å². The molecule has 0 amide bonds. The van der Waals surface area contributed by atoms with Crippen molar-refractivity contribution in [1.29, 1.82) is 0 Å². The second-order valence-corrected chi connectivity index (χ2v) is 4.78. The second kappa shape index (κ2) is 2.83. The van der Waals surface area contributed by atoms with Crippen molar-refractivity contribution >= 4 is 11.9 Å². The van der Waals surface area contributed by atoms with Gasteiger partial charge in [0.05, 0.1) is 17.5 Å². The molecule has 2 rings (SSSR count). The lowest BCUT2D eigenvalue weighted by molar-refractivity contribution is -0.155. The van der Waals surface area contributed by atoms with Gasteiger partial charge in [-0.05, 0) is 0 Å². The van der Waals surface area contributed by atoms with E-state index in [4.69, 9.17) is 21.7 Å². The monoisotopic (exact) mass is 226 g/mol. The van der Waals surface area contributed by atoms with Crippen molar-refractivity contribution in [3.05, 3.63) is 12.2 Å². The number of hydrogen-bond donors (Lipinski definition) is 4. The number of nitrogens with two attached hydrogens (primary N) is 2. The predicted octanol–water partition coefficient (Wildman–Crippen LogP) is -0.792. The number of hydrogen-bond acceptors (Lipinski definition) is 4. The fourth-order valence-corrected chi connectivity index (χ4v) is 3.04. The largest absolute Gasteiger partial charge is 0.481 e. The van der Waals surface area contributed by atoms with Crippen LogP contribution in [0.5, 0.6) is 0 Å². The lowest BCUT2D eigenvalue weighted by Gasteiger charge is -2.35. The van der Waals surface area contributed by atoms with Crippen molar-refractivity contribution in [1.82, 2.24) is 0 Å². The highest BCUT2D eigenvalue weighted by Crippen LogP contribution is 2.59. The molecule has 2 aliphatic rings. The molecule has 0 aromatic carbocycles. The summed E-state index contributed by atoms with van der Waals surface area (Å²) in [6.45, 7) is 1.60. The maximum Gasteiger partial charge on any atom is 0.308 e. The zero-order valence-corrected chi connectivity index (χ0v) is 8.75. The van der Waals surface area contributed by atoms with Gasteiger partial charge < -0.3 is 21.7 Å². The summed E-state index contributed by atoms with van der Waals surface area (Å²) < 4.78 is 0. The first-order valence-corrected chi connectivity index (χ1v) is 4.96. The molecule has 1 fully saturated rings. The fourth-order valence-electron chi connectivity index (χ4n) is 3.04. The molecule has 1 saturated carbocycles. The van der Waals surface area contributed by atoms with Crippen molar-refractivity contribution < 1.29 is 19.8 Å². The second-order valence-electron chi connectivity index (χ2n) is 4.78. The van der Waals surface area contributed by atoms with Crippen LogP contribution in [0.3, 0.4) is 0 Å². The molecule has 6 heteroatoms. The van der Waals surface area contributed by atoms with E-state index in [1.54, 1.807) is 19.1 Å². The van der Waals surface area contributed by atoms with Gasteiger partial charge in [-0.3, -0.25) is 9.59 Å². The predicted molar refractivity (Wildman–Crippen MR) is 54.1 cm³/mol. The summed E-state index contributed by atoms with van der Waals surface area (Å²) in [7, 11) is 0. The lowest BCUT2D eigenvalue weighted by Crippen LogP contribution is -2.60. The van der Waals surface area contributed by atoms with Gasteiger partial charge in [0, 0.05) is 11.3 Å². The van der Waals surface area contributed by atoms with Crippen LogP contribution in [0, 0.1) is 23.2 Å². The maximum absolute atomic E-state index is 11.2. The highest BCUT2D eigenvalue weighted by Gasteiger charge is 2.69. The SMILES string of the molecule is CC12C=CC(C(C(=O)O)C1C(=O)O)C2(N)N. The number of carbonyl (C=O) groups is 2. The van der Waals surface area contributed by atoms with Crippen LogP contribution >= 0.6 is 0 Å². The fraction of sp³-hybridized carbons (Fsp3) is 0.600. The summed E-state index contributed by atoms with van der Waals surface area (Å²) >= 11 is 0. The zero-order valence-electron chi connectivity index (χ0n) is 8.75. The highest BCUT2D eigenvalue weighted by atomic mass is 16.4. The number of fused-ring (bicyclic) bond motifs is 2. The van der Waals surface area contributed by atoms with E-state index in [2.05, 4.69) is 0 Å². The van der Waals surface area contributed by atoms with Gasteiger partial charge in [-0.1, -0.05) is 19.1 Å². The molecule has 4 unspecified atom stereocenters. The quantitative estimate of drug-likeness (QED) is 0.361. The molecular weight excluding hydrogens is 212 g/mol. The first-order valence-electron chi connectivity index (χ1n) is 4.96. The summed E-state index contributed by atoms with van der Waals surface area (Å²) in [5.41, 5.74) is 9.50. The standard InChI is InChI=1S/C10H14N2O4/c1-9-3-2-4(10(9,11)12)5(7(13)14)6(9)8(15)16/h2-6H,11-12H2,1H3,(H,13,14)(H,15,16). The zero-order chi connectivity index (χ0) is 12.3. The smallest absolute Gasteiger partial charge is 0.308 e. The van der Waals surface area contributed by atoms with Crippen LogP contribution < -0.4 is 11.5 Å². The van der Waals surface area contributed by atoms with E-state index >= 15 is 0 Å². The molecule has 0 heterocycles. The average molecular weight is 226 g/mol. The van der Waals surface area contributed by atoms with Gasteiger partial charge >= 0.3 is 11.9 Å². The van der Waals surface area contributed by atoms with Gasteiger partial charge in [0.25, 0.3) is 0 Å². The molecule has 0 aliphatic heterocycles. The molecule has 0 aromatic rings. The number of carboxylic acids is 2. The topological polar surface area (TPSA) is 127 Å². The first-order chi connectivity index (χ1) is 7.23. The molecular formula is C10H14N2O4. The van der Waals surface area contributed by atoms with Gasteiger partial charge in [-0.25, -0.2) is 0 Å². The van der Waals surface area contributed by atoms with Crippen molar-refractivity contribution in [2.24, 2.45) is 34.6 Å². The van der Waals surface area contributed by atoms with Gasteiger partial charge in [0.1, 0.15) is 0 Å². The first kappa shape index (κ1) is 11.1. The van der Waals surface area contributed by atoms with Gasteiger partial charge in [-0.2, -0.15) is 0 Å². The third-order valence-electron chi connectivity index (χ3n) is 4.08. The lowest BCUT2D eigenvalue weighted by atomic mass is 9.73. The van der Waals surface area contributed by atoms with Crippen LogP contribution in [0.25, 0.3) is 0 Å². The Balaban J connectivity index is 2.57. The van der Waals surface area contributed by atoms with E-state index in [-0.39, 0.29) is 0 Å². The molecule has 0 spiro atoms. The molecule has 0 saturated heterocycles. The minimum atomic E-state index is -1.31. The minimum absolute atomic E-state index is 0.629. The van der Waals surface area contributed by atoms with E-state index in [1.165, 1.54) is 0 Å². The van der Waals surface area contributed by atoms with Crippen molar-refractivity contribution in [2.75, 3.05) is 0 Å².